The van der Waals surface area contributed by atoms with Gasteiger partial charge in [0.1, 0.15) is 34.6 Å². The molecule has 3 N–H and O–H groups in total. The van der Waals surface area contributed by atoms with Gasteiger partial charge in [-0.15, -0.1) is 11.8 Å². The Hall–Kier alpha value is -3.51. The van der Waals surface area contributed by atoms with Crippen molar-refractivity contribution in [3.05, 3.63) is 41.4 Å². The summed E-state index contributed by atoms with van der Waals surface area (Å²) in [7, 11) is 0. The van der Waals surface area contributed by atoms with Gasteiger partial charge in [-0.2, -0.15) is 0 Å². The van der Waals surface area contributed by atoms with E-state index in [1.54, 1.807) is 17.8 Å². The fourth-order valence-corrected chi connectivity index (χ4v) is 8.26. The van der Waals surface area contributed by atoms with E-state index in [9.17, 15) is 24.3 Å². The van der Waals surface area contributed by atoms with Crippen LogP contribution >= 0.6 is 23.4 Å². The Morgan fingerprint density at radius 1 is 1.14 bits per heavy atom. The van der Waals surface area contributed by atoms with Crippen LogP contribution < -0.4 is 15.4 Å². The molecule has 0 bridgehead atoms. The molecule has 2 aromatic rings. The van der Waals surface area contributed by atoms with E-state index in [2.05, 4.69) is 24.5 Å². The Morgan fingerprint density at radius 3 is 2.67 bits per heavy atom. The van der Waals surface area contributed by atoms with E-state index < -0.39 is 41.7 Å². The lowest BCUT2D eigenvalue weighted by Gasteiger charge is -2.27. The summed E-state index contributed by atoms with van der Waals surface area (Å²) in [5.41, 5.74) is -0.808. The van der Waals surface area contributed by atoms with Gasteiger partial charge < -0.3 is 30.1 Å². The summed E-state index contributed by atoms with van der Waals surface area (Å²) < 4.78 is 12.2. The van der Waals surface area contributed by atoms with Crippen molar-refractivity contribution >= 4 is 58.1 Å². The van der Waals surface area contributed by atoms with Crippen LogP contribution in [0.15, 0.2) is 41.4 Å². The van der Waals surface area contributed by atoms with E-state index in [4.69, 9.17) is 26.1 Å². The van der Waals surface area contributed by atoms with Crippen LogP contribution in [0, 0.1) is 5.92 Å². The van der Waals surface area contributed by atoms with Crippen LogP contribution in [0.5, 0.6) is 5.75 Å². The number of alkyl carbamates (subject to hydrolysis) is 1. The second kappa shape index (κ2) is 15.2. The first-order valence-corrected chi connectivity index (χ1v) is 18.7. The third-order valence-electron chi connectivity index (χ3n) is 9.87. The standard InChI is InChI=1S/C36H45ClN4O7S/c1-21(2)49-30-18-29(26-14-9-15-27(37)32(26)39-30)47-25-17-28-33(43)40-36(34(44)45)19-22(36)10-5-3-4-6-11-23(16-31(42)41(28)20-25)38-35(46)48-24-12-7-8-13-24/h5,9-10,14-15,18,21-25,28H,3-4,6-8,11-13,16-17,19-20H2,1-2H3,(H,38,46)(H,40,43)(H,44,45)/b10-5-/t22-,23-,25+,28-,36+/m0/s1. The molecule has 3 fully saturated rings. The van der Waals surface area contributed by atoms with Gasteiger partial charge >= 0.3 is 12.1 Å². The van der Waals surface area contributed by atoms with Crippen molar-refractivity contribution in [1.82, 2.24) is 20.5 Å². The van der Waals surface area contributed by atoms with E-state index in [-0.39, 0.29) is 42.6 Å². The summed E-state index contributed by atoms with van der Waals surface area (Å²) in [4.78, 5) is 59.6. The average molecular weight is 713 g/mol. The first-order chi connectivity index (χ1) is 23.5. The number of ether oxygens (including phenoxy) is 2. The minimum Gasteiger partial charge on any atom is -0.488 e. The number of carbonyl (C=O) groups excluding carboxylic acids is 3. The number of aliphatic carboxylic acids is 1. The first-order valence-electron chi connectivity index (χ1n) is 17.4. The van der Waals surface area contributed by atoms with Crippen molar-refractivity contribution in [3.8, 4) is 5.75 Å². The summed E-state index contributed by atoms with van der Waals surface area (Å²) in [5.74, 6) is -1.73. The Balaban J connectivity index is 1.27. The number of fused-ring (bicyclic) bond motifs is 3. The number of aromatic nitrogens is 1. The maximum absolute atomic E-state index is 14.1. The van der Waals surface area contributed by atoms with Gasteiger partial charge in [0.05, 0.1) is 17.1 Å². The van der Waals surface area contributed by atoms with E-state index >= 15 is 0 Å². The Bertz CT molecular complexity index is 1620. The lowest BCUT2D eigenvalue weighted by Crippen LogP contribution is -2.53. The van der Waals surface area contributed by atoms with Crippen LogP contribution in [0.1, 0.15) is 84.5 Å². The number of carboxylic acids is 1. The highest BCUT2D eigenvalue weighted by molar-refractivity contribution is 7.99. The van der Waals surface area contributed by atoms with Gasteiger partial charge in [0.15, 0.2) is 0 Å². The van der Waals surface area contributed by atoms with E-state index in [0.717, 1.165) is 50.0 Å². The first kappa shape index (κ1) is 35.3. The van der Waals surface area contributed by atoms with Crippen molar-refractivity contribution in [2.24, 2.45) is 5.92 Å². The van der Waals surface area contributed by atoms with Crippen molar-refractivity contribution in [2.75, 3.05) is 6.54 Å². The highest BCUT2D eigenvalue weighted by Gasteiger charge is 2.61. The Kier molecular flexibility index (Phi) is 10.9. The summed E-state index contributed by atoms with van der Waals surface area (Å²) in [5, 5.41) is 18.1. The highest BCUT2D eigenvalue weighted by Crippen LogP contribution is 2.45. The number of hydrogen-bond acceptors (Lipinski definition) is 8. The summed E-state index contributed by atoms with van der Waals surface area (Å²) in [6, 6.07) is 5.87. The fourth-order valence-electron chi connectivity index (χ4n) is 7.24. The van der Waals surface area contributed by atoms with Crippen molar-refractivity contribution in [3.63, 3.8) is 0 Å². The molecule has 1 aromatic carbocycles. The molecule has 3 amide bonds. The summed E-state index contributed by atoms with van der Waals surface area (Å²) >= 11 is 8.12. The molecule has 2 aliphatic carbocycles. The van der Waals surface area contributed by atoms with Gasteiger partial charge in [0.2, 0.25) is 11.8 Å². The Morgan fingerprint density at radius 2 is 1.92 bits per heavy atom. The lowest BCUT2D eigenvalue weighted by molar-refractivity contribution is -0.145. The molecule has 13 heteroatoms. The average Bonchev–Trinajstić information content (AvgIpc) is 3.33. The number of pyridine rings is 1. The fraction of sp³-hybridized carbons (Fsp3) is 0.583. The van der Waals surface area contributed by atoms with Gasteiger partial charge in [-0.1, -0.05) is 50.1 Å². The van der Waals surface area contributed by atoms with Crippen molar-refractivity contribution < 1.29 is 33.8 Å². The topological polar surface area (TPSA) is 147 Å². The summed E-state index contributed by atoms with van der Waals surface area (Å²) in [6.07, 6.45) is 9.63. The highest BCUT2D eigenvalue weighted by atomic mass is 35.5. The maximum Gasteiger partial charge on any atom is 0.407 e. The maximum atomic E-state index is 14.1. The summed E-state index contributed by atoms with van der Waals surface area (Å²) in [6.45, 7) is 4.24. The van der Waals surface area contributed by atoms with Crippen LogP contribution in [0.3, 0.4) is 0 Å². The zero-order chi connectivity index (χ0) is 34.7. The minimum atomic E-state index is -1.41. The smallest absolute Gasteiger partial charge is 0.407 e. The molecule has 1 aromatic heterocycles. The number of rotatable bonds is 7. The second-order valence-corrected chi connectivity index (χ2v) is 15.9. The molecule has 49 heavy (non-hydrogen) atoms. The molecule has 4 aliphatic rings. The van der Waals surface area contributed by atoms with Crippen LogP contribution in [-0.4, -0.2) is 80.5 Å². The number of hydrogen-bond donors (Lipinski definition) is 3. The second-order valence-electron chi connectivity index (χ2n) is 13.9. The van der Waals surface area contributed by atoms with Crippen LogP contribution in [0.2, 0.25) is 5.02 Å². The van der Waals surface area contributed by atoms with Crippen LogP contribution in [0.25, 0.3) is 10.9 Å². The van der Waals surface area contributed by atoms with Crippen molar-refractivity contribution in [2.45, 2.75) is 125 Å². The molecule has 0 unspecified atom stereocenters. The molecule has 2 aliphatic heterocycles. The molecule has 1 saturated heterocycles. The van der Waals surface area contributed by atoms with Gasteiger partial charge in [0, 0.05) is 41.5 Å². The molecule has 0 spiro atoms. The monoisotopic (exact) mass is 712 g/mol. The molecule has 264 valence electrons. The lowest BCUT2D eigenvalue weighted by atomic mass is 10.0. The normalized spacial score (nSPS) is 28.6. The number of allylic oxidation sites excluding steroid dienone is 1. The zero-order valence-electron chi connectivity index (χ0n) is 28.0. The van der Waals surface area contributed by atoms with E-state index in [1.165, 1.54) is 4.90 Å². The number of nitrogens with zero attached hydrogens (tertiary/aromatic N) is 2. The molecule has 6 rings (SSSR count). The molecule has 3 heterocycles. The third-order valence-corrected chi connectivity index (χ3v) is 11.1. The number of thioether (sulfide) groups is 1. The number of para-hydroxylation sites is 1. The molecule has 5 atom stereocenters. The molecule has 11 nitrogen and oxygen atoms in total. The number of nitrogens with one attached hydrogen (secondary N) is 2. The van der Waals surface area contributed by atoms with E-state index in [1.807, 2.05) is 30.4 Å². The Labute approximate surface area is 295 Å². The van der Waals surface area contributed by atoms with Crippen LogP contribution in [0.4, 0.5) is 4.79 Å². The number of benzene rings is 1. The SMILES string of the molecule is CC(C)Sc1cc(O[C@@H]2C[C@H]3C(=O)N[C@]4(C(=O)O)C[C@@H]4/C=C\CCCC[C@H](NC(=O)OC4CCCC4)CC(=O)N3C2)c2cccc(Cl)c2n1. The van der Waals surface area contributed by atoms with E-state index in [0.29, 0.717) is 34.5 Å². The largest absolute Gasteiger partial charge is 0.488 e. The predicted octanol–water partition coefficient (Wildman–Crippen LogP) is 6.25. The third kappa shape index (κ3) is 8.28. The number of halogens is 1. The minimum absolute atomic E-state index is 0.0260. The number of carboxylic acid groups (broad SMARTS) is 1. The van der Waals surface area contributed by atoms with Gasteiger partial charge in [0.25, 0.3) is 0 Å². The number of carbonyl (C=O) groups is 4. The van der Waals surface area contributed by atoms with Gasteiger partial charge in [-0.3, -0.25) is 9.59 Å². The number of amides is 3. The van der Waals surface area contributed by atoms with Gasteiger partial charge in [-0.25, -0.2) is 14.6 Å². The molecule has 0 radical (unpaired) electrons. The molecular weight excluding hydrogens is 668 g/mol. The zero-order valence-corrected chi connectivity index (χ0v) is 29.6. The molecule has 2 saturated carbocycles. The quantitative estimate of drug-likeness (QED) is 0.224. The van der Waals surface area contributed by atoms with Crippen LogP contribution in [-0.2, 0) is 19.1 Å². The molecular formula is C36H45ClN4O7S. The van der Waals surface area contributed by atoms with Gasteiger partial charge in [-0.05, 0) is 63.5 Å². The predicted molar refractivity (Wildman–Crippen MR) is 187 cm³/mol. The van der Waals surface area contributed by atoms with Crippen molar-refractivity contribution in [1.29, 1.82) is 0 Å².